The molecule has 4 aromatic rings. The lowest BCUT2D eigenvalue weighted by molar-refractivity contribution is -0.137. The van der Waals surface area contributed by atoms with Crippen LogP contribution in [0, 0.1) is 19.7 Å². The normalized spacial score (nSPS) is 11.4. The highest BCUT2D eigenvalue weighted by Gasteiger charge is 2.32. The molecule has 0 spiro atoms. The summed E-state index contributed by atoms with van der Waals surface area (Å²) in [6.45, 7) is 3.85. The highest BCUT2D eigenvalue weighted by atomic mass is 32.2. The van der Waals surface area contributed by atoms with Gasteiger partial charge in [0, 0.05) is 23.6 Å². The number of hydrogen-bond donors (Lipinski definition) is 1. The van der Waals surface area contributed by atoms with E-state index < -0.39 is 17.8 Å². The van der Waals surface area contributed by atoms with Crippen molar-refractivity contribution in [3.05, 3.63) is 107 Å². The third-order valence-corrected chi connectivity index (χ3v) is 7.05. The average molecular weight is 575 g/mol. The number of nitrogens with one attached hydrogen (secondary N) is 1. The Morgan fingerprint density at radius 2 is 1.44 bits per heavy atom. The Hall–Kier alpha value is -4.44. The molecule has 1 heterocycles. The van der Waals surface area contributed by atoms with E-state index in [1.54, 1.807) is 50.6 Å². The van der Waals surface area contributed by atoms with Crippen molar-refractivity contribution >= 4 is 29.3 Å². The van der Waals surface area contributed by atoms with E-state index in [1.807, 2.05) is 32.0 Å². The second-order valence-corrected chi connectivity index (χ2v) is 10.2. The number of halogens is 1. The number of carbonyl (C=O) groups is 2. The van der Waals surface area contributed by atoms with Crippen LogP contribution in [0.4, 0.5) is 10.1 Å². The van der Waals surface area contributed by atoms with Gasteiger partial charge in [-0.05, 0) is 79.6 Å². The van der Waals surface area contributed by atoms with Crippen LogP contribution in [0.25, 0.3) is 0 Å². The number of hydrogen-bond acceptors (Lipinski definition) is 7. The van der Waals surface area contributed by atoms with Crippen molar-refractivity contribution in [3.8, 4) is 11.5 Å². The summed E-state index contributed by atoms with van der Waals surface area (Å²) in [4.78, 5) is 38.1. The Bertz CT molecular complexity index is 1460. The van der Waals surface area contributed by atoms with Crippen LogP contribution in [0.15, 0.2) is 84.0 Å². The lowest BCUT2D eigenvalue weighted by Gasteiger charge is -2.31. The molecule has 4 rings (SSSR count). The van der Waals surface area contributed by atoms with E-state index in [2.05, 4.69) is 15.3 Å². The van der Waals surface area contributed by atoms with Crippen LogP contribution in [0.1, 0.15) is 28.6 Å². The first kappa shape index (κ1) is 29.5. The molecule has 1 aromatic heterocycles. The van der Waals surface area contributed by atoms with Gasteiger partial charge in [0.1, 0.15) is 23.4 Å². The highest BCUT2D eigenvalue weighted by Crippen LogP contribution is 2.28. The number of anilines is 1. The van der Waals surface area contributed by atoms with Gasteiger partial charge in [0.25, 0.3) is 5.91 Å². The molecule has 0 aliphatic rings. The molecule has 0 saturated heterocycles. The fraction of sp³-hybridized carbons (Fsp3) is 0.226. The van der Waals surface area contributed by atoms with Crippen molar-refractivity contribution in [1.29, 1.82) is 0 Å². The average Bonchev–Trinajstić information content (AvgIpc) is 2.97. The molecule has 1 N–H and O–H groups in total. The fourth-order valence-electron chi connectivity index (χ4n) is 4.22. The van der Waals surface area contributed by atoms with Crippen LogP contribution in [0.3, 0.4) is 0 Å². The van der Waals surface area contributed by atoms with Crippen LogP contribution >= 0.6 is 11.8 Å². The molecule has 0 unspecified atom stereocenters. The van der Waals surface area contributed by atoms with E-state index in [9.17, 15) is 14.0 Å². The number of aromatic nitrogens is 2. The molecular formula is C31H31FN4O4S. The first-order valence-electron chi connectivity index (χ1n) is 12.8. The lowest BCUT2D eigenvalue weighted by Crippen LogP contribution is -2.41. The topological polar surface area (TPSA) is 93.7 Å². The molecule has 0 radical (unpaired) electrons. The molecule has 0 aliphatic heterocycles. The molecule has 3 aromatic carbocycles. The van der Waals surface area contributed by atoms with Gasteiger partial charge in [0.05, 0.1) is 20.0 Å². The SMILES string of the molecule is COc1ccc(CN(C(=O)CSc2nc(C)cc(C)n2)[C@H](C(=O)Nc2ccc(OC)cc2)c2ccc(F)cc2)cc1. The van der Waals surface area contributed by atoms with Crippen LogP contribution < -0.4 is 14.8 Å². The lowest BCUT2D eigenvalue weighted by atomic mass is 10.0. The maximum absolute atomic E-state index is 13.9. The van der Waals surface area contributed by atoms with Crippen molar-refractivity contribution in [3.63, 3.8) is 0 Å². The minimum atomic E-state index is -1.06. The van der Waals surface area contributed by atoms with Crippen LogP contribution in [0.2, 0.25) is 0 Å². The largest absolute Gasteiger partial charge is 0.497 e. The van der Waals surface area contributed by atoms with Gasteiger partial charge in [-0.1, -0.05) is 36.0 Å². The van der Waals surface area contributed by atoms with E-state index in [0.717, 1.165) is 17.0 Å². The second kappa shape index (κ2) is 13.8. The molecule has 8 nitrogen and oxygen atoms in total. The summed E-state index contributed by atoms with van der Waals surface area (Å²) in [5.74, 6) is 0.0937. The third kappa shape index (κ3) is 8.04. The van der Waals surface area contributed by atoms with Crippen molar-refractivity contribution in [2.75, 3.05) is 25.3 Å². The Labute approximate surface area is 242 Å². The number of rotatable bonds is 11. The number of ether oxygens (including phenoxy) is 2. The molecule has 0 bridgehead atoms. The van der Waals surface area contributed by atoms with Gasteiger partial charge in [-0.3, -0.25) is 9.59 Å². The predicted octanol–water partition coefficient (Wildman–Crippen LogP) is 5.75. The van der Waals surface area contributed by atoms with Crippen molar-refractivity contribution in [2.24, 2.45) is 0 Å². The first-order chi connectivity index (χ1) is 19.7. The van der Waals surface area contributed by atoms with Crippen molar-refractivity contribution in [1.82, 2.24) is 14.9 Å². The molecule has 41 heavy (non-hydrogen) atoms. The van der Waals surface area contributed by atoms with Gasteiger partial charge in [-0.15, -0.1) is 0 Å². The number of nitrogens with zero attached hydrogens (tertiary/aromatic N) is 3. The summed E-state index contributed by atoms with van der Waals surface area (Å²) >= 11 is 1.20. The number of benzene rings is 3. The van der Waals surface area contributed by atoms with Crippen LogP contribution in [-0.4, -0.2) is 46.7 Å². The minimum Gasteiger partial charge on any atom is -0.497 e. The van der Waals surface area contributed by atoms with Gasteiger partial charge in [-0.25, -0.2) is 14.4 Å². The van der Waals surface area contributed by atoms with Gasteiger partial charge in [0.15, 0.2) is 5.16 Å². The quantitative estimate of drug-likeness (QED) is 0.180. The van der Waals surface area contributed by atoms with Crippen LogP contribution in [0.5, 0.6) is 11.5 Å². The zero-order valence-corrected chi connectivity index (χ0v) is 24.1. The van der Waals surface area contributed by atoms with Gasteiger partial charge >= 0.3 is 0 Å². The number of thioether (sulfide) groups is 1. The summed E-state index contributed by atoms with van der Waals surface area (Å²) in [5, 5.41) is 3.37. The molecule has 0 fully saturated rings. The third-order valence-electron chi connectivity index (χ3n) is 6.22. The monoisotopic (exact) mass is 574 g/mol. The number of amides is 2. The van der Waals surface area contributed by atoms with Crippen molar-refractivity contribution in [2.45, 2.75) is 31.6 Å². The number of carbonyl (C=O) groups excluding carboxylic acids is 2. The van der Waals surface area contributed by atoms with E-state index in [-0.39, 0.29) is 18.2 Å². The maximum atomic E-state index is 13.9. The predicted molar refractivity (Wildman–Crippen MR) is 157 cm³/mol. The molecule has 2 amide bonds. The summed E-state index contributed by atoms with van der Waals surface area (Å²) in [6, 6.07) is 20.5. The summed E-state index contributed by atoms with van der Waals surface area (Å²) in [6.07, 6.45) is 0. The highest BCUT2D eigenvalue weighted by molar-refractivity contribution is 7.99. The zero-order chi connectivity index (χ0) is 29.4. The number of methoxy groups -OCH3 is 2. The smallest absolute Gasteiger partial charge is 0.251 e. The number of aryl methyl sites for hydroxylation is 2. The molecule has 1 atom stereocenters. The van der Waals surface area contributed by atoms with Crippen LogP contribution in [-0.2, 0) is 16.1 Å². The van der Waals surface area contributed by atoms with Gasteiger partial charge < -0.3 is 19.7 Å². The molecule has 212 valence electrons. The molecule has 0 aliphatic carbocycles. The Morgan fingerprint density at radius 3 is 2.00 bits per heavy atom. The Kier molecular flexibility index (Phi) is 9.91. The van der Waals surface area contributed by atoms with E-state index in [0.29, 0.717) is 27.9 Å². The zero-order valence-electron chi connectivity index (χ0n) is 23.3. The minimum absolute atomic E-state index is 0.00738. The van der Waals surface area contributed by atoms with Crippen molar-refractivity contribution < 1.29 is 23.5 Å². The van der Waals surface area contributed by atoms with E-state index in [1.165, 1.54) is 40.9 Å². The van der Waals surface area contributed by atoms with E-state index in [4.69, 9.17) is 9.47 Å². The summed E-state index contributed by atoms with van der Waals surface area (Å²) in [7, 11) is 3.13. The second-order valence-electron chi connectivity index (χ2n) is 9.26. The summed E-state index contributed by atoms with van der Waals surface area (Å²) in [5.41, 5.74) is 3.37. The maximum Gasteiger partial charge on any atom is 0.251 e. The van der Waals surface area contributed by atoms with E-state index >= 15 is 0 Å². The fourth-order valence-corrected chi connectivity index (χ4v) is 5.06. The molecule has 0 saturated carbocycles. The summed E-state index contributed by atoms with van der Waals surface area (Å²) < 4.78 is 24.4. The first-order valence-corrected chi connectivity index (χ1v) is 13.8. The Morgan fingerprint density at radius 1 is 0.878 bits per heavy atom. The molecular weight excluding hydrogens is 543 g/mol. The standard InChI is InChI=1S/C31H31FN4O4S/c1-20-17-21(2)34-31(33-20)41-19-28(37)36(18-22-5-13-26(39-3)14-6-22)29(23-7-9-24(32)10-8-23)30(38)35-25-11-15-27(40-4)16-12-25/h5-17,29H,18-19H2,1-4H3,(H,35,38)/t29-/m0/s1. The van der Waals surface area contributed by atoms with Gasteiger partial charge in [-0.2, -0.15) is 0 Å². The molecule has 10 heteroatoms. The Balaban J connectivity index is 1.69. The van der Waals surface area contributed by atoms with Gasteiger partial charge in [0.2, 0.25) is 5.91 Å².